The summed E-state index contributed by atoms with van der Waals surface area (Å²) >= 11 is 1.43. The number of benzene rings is 2. The van der Waals surface area contributed by atoms with Gasteiger partial charge in [-0.3, -0.25) is 10.1 Å². The van der Waals surface area contributed by atoms with Crippen molar-refractivity contribution in [2.24, 2.45) is 0 Å². The number of hydrogen-bond acceptors (Lipinski definition) is 10. The number of aryl methyl sites for hydroxylation is 1. The lowest BCUT2D eigenvalue weighted by molar-refractivity contribution is -0.192. The van der Waals surface area contributed by atoms with E-state index in [1.54, 1.807) is 37.7 Å². The van der Waals surface area contributed by atoms with Crippen molar-refractivity contribution in [1.29, 1.82) is 0 Å². The molecule has 1 aliphatic heterocycles. The Morgan fingerprint density at radius 1 is 1.12 bits per heavy atom. The predicted octanol–water partition coefficient (Wildman–Crippen LogP) is 6.09. The third-order valence-corrected chi connectivity index (χ3v) is 7.96. The van der Waals surface area contributed by atoms with Gasteiger partial charge in [-0.25, -0.2) is 19.4 Å². The second-order valence-corrected chi connectivity index (χ2v) is 11.9. The van der Waals surface area contributed by atoms with Crippen LogP contribution in [0.25, 0.3) is 11.0 Å². The van der Waals surface area contributed by atoms with Crippen molar-refractivity contribution in [2.45, 2.75) is 38.5 Å². The average molecular weight is 684 g/mol. The molecule has 252 valence electrons. The SMILES string of the molecule is COc1ccc(Cn2nc(NC3CCCNC3)c3c(Oc4cccc(C(=O)Nc5ncc(C)s5)c4)ccnc32)cc1.O=C(O)C(F)(F)F. The standard InChI is InChI=1S/C30H31N7O3S.C2HF3O2/c1-19-16-33-30(41-19)35-29(38)21-5-3-7-24(15-21)40-25-12-14-32-28-26(25)27(34-22-6-4-13-31-17-22)36-37(28)18-20-8-10-23(39-2)11-9-20;3-2(4,5)1(6)7/h3,5,7-12,14-16,22,31H,4,6,13,17-18H2,1-2H3,(H,34,36)(H,33,35,38);(H,6,7). The smallest absolute Gasteiger partial charge is 0.490 e. The van der Waals surface area contributed by atoms with Crippen LogP contribution in [0.1, 0.15) is 33.6 Å². The molecule has 4 heterocycles. The van der Waals surface area contributed by atoms with Crippen molar-refractivity contribution in [1.82, 2.24) is 25.1 Å². The number of carbonyl (C=O) groups excluding carboxylic acids is 1. The second-order valence-electron chi connectivity index (χ2n) is 10.7. The molecule has 0 aliphatic carbocycles. The number of pyridine rings is 1. The number of carbonyl (C=O) groups is 2. The van der Waals surface area contributed by atoms with E-state index in [2.05, 4.69) is 20.9 Å². The number of nitrogens with zero attached hydrogens (tertiary/aromatic N) is 4. The number of amides is 1. The first kappa shape index (κ1) is 34.1. The van der Waals surface area contributed by atoms with Gasteiger partial charge in [-0.2, -0.15) is 18.3 Å². The third-order valence-electron chi connectivity index (χ3n) is 7.13. The number of methoxy groups -OCH3 is 1. The number of piperidine rings is 1. The summed E-state index contributed by atoms with van der Waals surface area (Å²) in [6.45, 7) is 4.36. The minimum absolute atomic E-state index is 0.242. The normalized spacial score (nSPS) is 14.5. The minimum Gasteiger partial charge on any atom is -0.497 e. The molecule has 3 aromatic heterocycles. The molecule has 1 saturated heterocycles. The first-order chi connectivity index (χ1) is 23.0. The van der Waals surface area contributed by atoms with E-state index in [0.717, 1.165) is 53.3 Å². The average Bonchev–Trinajstić information content (AvgIpc) is 3.64. The van der Waals surface area contributed by atoms with E-state index < -0.39 is 12.1 Å². The molecule has 5 aromatic rings. The molecule has 1 unspecified atom stereocenters. The van der Waals surface area contributed by atoms with Gasteiger partial charge in [0.15, 0.2) is 16.6 Å². The summed E-state index contributed by atoms with van der Waals surface area (Å²) < 4.78 is 45.3. The molecule has 0 bridgehead atoms. The molecule has 1 amide bonds. The number of thiazole rings is 1. The summed E-state index contributed by atoms with van der Waals surface area (Å²) in [6, 6.07) is 17.1. The fraction of sp³-hybridized carbons (Fsp3) is 0.281. The zero-order valence-electron chi connectivity index (χ0n) is 25.9. The highest BCUT2D eigenvalue weighted by atomic mass is 32.1. The highest BCUT2D eigenvalue weighted by Crippen LogP contribution is 2.35. The number of hydrogen-bond donors (Lipinski definition) is 4. The van der Waals surface area contributed by atoms with Crippen molar-refractivity contribution < 1.29 is 37.3 Å². The Balaban J connectivity index is 0.000000582. The second kappa shape index (κ2) is 15.1. The van der Waals surface area contributed by atoms with E-state index in [1.807, 2.05) is 48.0 Å². The third kappa shape index (κ3) is 8.77. The van der Waals surface area contributed by atoms with Gasteiger partial charge in [-0.05, 0) is 62.2 Å². The number of anilines is 2. The fourth-order valence-corrected chi connectivity index (χ4v) is 5.51. The Labute approximate surface area is 276 Å². The van der Waals surface area contributed by atoms with E-state index in [4.69, 9.17) is 29.5 Å². The van der Waals surface area contributed by atoms with Crippen LogP contribution in [0.15, 0.2) is 67.0 Å². The quantitative estimate of drug-likeness (QED) is 0.144. The maximum atomic E-state index is 12.9. The number of aliphatic carboxylic acids is 1. The van der Waals surface area contributed by atoms with Crippen LogP contribution in [-0.2, 0) is 11.3 Å². The van der Waals surface area contributed by atoms with Gasteiger partial charge in [0.2, 0.25) is 0 Å². The molecule has 1 atom stereocenters. The van der Waals surface area contributed by atoms with Gasteiger partial charge >= 0.3 is 12.1 Å². The van der Waals surface area contributed by atoms with Crippen LogP contribution < -0.4 is 25.4 Å². The highest BCUT2D eigenvalue weighted by Gasteiger charge is 2.38. The first-order valence-corrected chi connectivity index (χ1v) is 15.6. The van der Waals surface area contributed by atoms with Crippen molar-refractivity contribution in [3.8, 4) is 17.2 Å². The molecular formula is C32H32F3N7O5S. The summed E-state index contributed by atoms with van der Waals surface area (Å²) in [4.78, 5) is 31.7. The summed E-state index contributed by atoms with van der Waals surface area (Å²) in [5, 5.41) is 23.4. The fourth-order valence-electron chi connectivity index (χ4n) is 4.85. The van der Waals surface area contributed by atoms with Gasteiger partial charge in [-0.15, -0.1) is 11.3 Å². The molecule has 0 spiro atoms. The van der Waals surface area contributed by atoms with E-state index in [9.17, 15) is 18.0 Å². The Morgan fingerprint density at radius 2 is 1.90 bits per heavy atom. The molecule has 2 aromatic carbocycles. The molecule has 1 aliphatic rings. The number of ether oxygens (including phenoxy) is 2. The molecule has 6 rings (SSSR count). The van der Waals surface area contributed by atoms with Gasteiger partial charge in [0.25, 0.3) is 5.91 Å². The van der Waals surface area contributed by atoms with Crippen LogP contribution in [0.5, 0.6) is 17.2 Å². The van der Waals surface area contributed by atoms with Gasteiger partial charge < -0.3 is 25.2 Å². The summed E-state index contributed by atoms with van der Waals surface area (Å²) in [7, 11) is 1.66. The van der Waals surface area contributed by atoms with Crippen LogP contribution in [-0.4, -0.2) is 69.1 Å². The zero-order chi connectivity index (χ0) is 34.3. The number of aromatic nitrogens is 4. The first-order valence-electron chi connectivity index (χ1n) is 14.8. The minimum atomic E-state index is -5.08. The Hall–Kier alpha value is -5.22. The molecule has 1 fully saturated rings. The van der Waals surface area contributed by atoms with Crippen molar-refractivity contribution >= 4 is 45.2 Å². The topological polar surface area (TPSA) is 153 Å². The maximum Gasteiger partial charge on any atom is 0.490 e. The van der Waals surface area contributed by atoms with Crippen LogP contribution in [0, 0.1) is 6.92 Å². The maximum absolute atomic E-state index is 12.9. The molecule has 0 radical (unpaired) electrons. The molecule has 0 saturated carbocycles. The van der Waals surface area contributed by atoms with Gasteiger partial charge in [0.05, 0.1) is 13.7 Å². The number of rotatable bonds is 9. The van der Waals surface area contributed by atoms with Crippen molar-refractivity contribution in [3.05, 3.63) is 83.0 Å². The number of alkyl halides is 3. The van der Waals surface area contributed by atoms with E-state index in [-0.39, 0.29) is 11.9 Å². The van der Waals surface area contributed by atoms with Gasteiger partial charge in [0.1, 0.15) is 22.6 Å². The molecule has 16 heteroatoms. The van der Waals surface area contributed by atoms with Crippen LogP contribution in [0.2, 0.25) is 0 Å². The monoisotopic (exact) mass is 683 g/mol. The lowest BCUT2D eigenvalue weighted by Crippen LogP contribution is -2.38. The largest absolute Gasteiger partial charge is 0.497 e. The zero-order valence-corrected chi connectivity index (χ0v) is 26.7. The summed E-state index contributed by atoms with van der Waals surface area (Å²) in [5.41, 5.74) is 2.25. The van der Waals surface area contributed by atoms with Crippen molar-refractivity contribution in [3.63, 3.8) is 0 Å². The van der Waals surface area contributed by atoms with Crippen LogP contribution >= 0.6 is 11.3 Å². The Bertz CT molecular complexity index is 1870. The molecule has 48 heavy (non-hydrogen) atoms. The summed E-state index contributed by atoms with van der Waals surface area (Å²) in [5.74, 6) is -0.336. The molecule has 4 N–H and O–H groups in total. The van der Waals surface area contributed by atoms with Gasteiger partial charge in [-0.1, -0.05) is 18.2 Å². The van der Waals surface area contributed by atoms with Crippen LogP contribution in [0.4, 0.5) is 24.1 Å². The number of fused-ring (bicyclic) bond motifs is 1. The van der Waals surface area contributed by atoms with E-state index >= 15 is 0 Å². The van der Waals surface area contributed by atoms with Crippen LogP contribution in [0.3, 0.4) is 0 Å². The number of nitrogens with one attached hydrogen (secondary N) is 3. The van der Waals surface area contributed by atoms with Crippen molar-refractivity contribution in [2.75, 3.05) is 30.8 Å². The highest BCUT2D eigenvalue weighted by molar-refractivity contribution is 7.15. The number of halogens is 3. The van der Waals surface area contributed by atoms with E-state index in [0.29, 0.717) is 34.4 Å². The Kier molecular flexibility index (Phi) is 10.8. The number of carboxylic acids is 1. The number of carboxylic acid groups (broad SMARTS) is 1. The lowest BCUT2D eigenvalue weighted by Gasteiger charge is -2.23. The summed E-state index contributed by atoms with van der Waals surface area (Å²) in [6.07, 6.45) is 0.515. The Morgan fingerprint density at radius 3 is 2.54 bits per heavy atom. The molecule has 12 nitrogen and oxygen atoms in total. The lowest BCUT2D eigenvalue weighted by atomic mass is 10.1. The van der Waals surface area contributed by atoms with E-state index in [1.165, 1.54) is 11.3 Å². The predicted molar refractivity (Wildman–Crippen MR) is 174 cm³/mol. The van der Waals surface area contributed by atoms with Gasteiger partial charge in [0, 0.05) is 41.5 Å². The molecular weight excluding hydrogens is 651 g/mol.